The highest BCUT2D eigenvalue weighted by Gasteiger charge is 2.28. The average molecular weight is 360 g/mol. The maximum atomic E-state index is 12.2. The number of hydrogen-bond acceptors (Lipinski definition) is 4. The first-order valence-corrected chi connectivity index (χ1v) is 8.37. The van der Waals surface area contributed by atoms with Crippen molar-refractivity contribution in [3.05, 3.63) is 29.8 Å². The Balaban J connectivity index is 1.92. The van der Waals surface area contributed by atoms with E-state index in [0.717, 1.165) is 10.5 Å². The summed E-state index contributed by atoms with van der Waals surface area (Å²) in [5.74, 6) is -0.802. The smallest absolute Gasteiger partial charge is 0.324 e. The highest BCUT2D eigenvalue weighted by atomic mass is 16.2. The molecular weight excluding hydrogens is 336 g/mol. The number of amides is 5. The van der Waals surface area contributed by atoms with E-state index in [1.807, 2.05) is 0 Å². The van der Waals surface area contributed by atoms with Gasteiger partial charge in [-0.15, -0.1) is 0 Å². The molecule has 1 aliphatic heterocycles. The van der Waals surface area contributed by atoms with Crippen LogP contribution in [0.1, 0.15) is 33.3 Å². The minimum absolute atomic E-state index is 0.0190. The first-order valence-electron chi connectivity index (χ1n) is 8.37. The van der Waals surface area contributed by atoms with Crippen LogP contribution < -0.4 is 16.0 Å². The summed E-state index contributed by atoms with van der Waals surface area (Å²) < 4.78 is 0. The number of nitrogens with one attached hydrogen (secondary N) is 3. The summed E-state index contributed by atoms with van der Waals surface area (Å²) in [5.41, 5.74) is 0.755. The van der Waals surface area contributed by atoms with Crippen LogP contribution in [0.4, 0.5) is 10.5 Å². The van der Waals surface area contributed by atoms with Crippen LogP contribution >= 0.6 is 0 Å². The Kier molecular flexibility index (Phi) is 5.64. The standard InChI is InChI=1S/C18H24N4O4/c1-11(20-16(25)18(2,3)4)15(24)21-13-7-5-12(6-8-13)10-22-14(23)9-19-17(22)26/h5-8,11H,9-10H2,1-4H3,(H,19,26)(H,20,25)(H,21,24). The lowest BCUT2D eigenvalue weighted by Crippen LogP contribution is -2.46. The SMILES string of the molecule is CC(NC(=O)C(C)(C)C)C(=O)Nc1ccc(CN2C(=O)CNC2=O)cc1. The normalized spacial score (nSPS) is 15.5. The number of benzene rings is 1. The van der Waals surface area contributed by atoms with Crippen LogP contribution in [0.25, 0.3) is 0 Å². The van der Waals surface area contributed by atoms with Gasteiger partial charge in [0.1, 0.15) is 6.04 Å². The van der Waals surface area contributed by atoms with E-state index in [4.69, 9.17) is 0 Å². The minimum atomic E-state index is -0.674. The Morgan fingerprint density at radius 1 is 1.19 bits per heavy atom. The van der Waals surface area contributed by atoms with Crippen molar-refractivity contribution in [1.82, 2.24) is 15.5 Å². The molecule has 0 aliphatic carbocycles. The Morgan fingerprint density at radius 2 is 1.81 bits per heavy atom. The first kappa shape index (κ1) is 19.4. The average Bonchev–Trinajstić information content (AvgIpc) is 2.87. The zero-order valence-corrected chi connectivity index (χ0v) is 15.4. The van der Waals surface area contributed by atoms with Crippen LogP contribution in [0.5, 0.6) is 0 Å². The van der Waals surface area contributed by atoms with Gasteiger partial charge >= 0.3 is 6.03 Å². The Hall–Kier alpha value is -2.90. The van der Waals surface area contributed by atoms with Gasteiger partial charge in [-0.25, -0.2) is 4.79 Å². The highest BCUT2D eigenvalue weighted by Crippen LogP contribution is 2.15. The Labute approximate surface area is 152 Å². The summed E-state index contributed by atoms with van der Waals surface area (Å²) in [6.45, 7) is 7.14. The van der Waals surface area contributed by atoms with Crippen LogP contribution in [0, 0.1) is 5.41 Å². The van der Waals surface area contributed by atoms with Crippen LogP contribution in [-0.4, -0.2) is 41.2 Å². The molecular formula is C18H24N4O4. The van der Waals surface area contributed by atoms with Crippen molar-refractivity contribution < 1.29 is 19.2 Å². The van der Waals surface area contributed by atoms with Gasteiger partial charge in [0.15, 0.2) is 0 Å². The second-order valence-corrected chi connectivity index (χ2v) is 7.27. The number of nitrogens with zero attached hydrogens (tertiary/aromatic N) is 1. The molecule has 1 fully saturated rings. The van der Waals surface area contributed by atoms with Gasteiger partial charge in [-0.2, -0.15) is 0 Å². The van der Waals surface area contributed by atoms with Gasteiger partial charge in [-0.1, -0.05) is 32.9 Å². The number of carbonyl (C=O) groups excluding carboxylic acids is 4. The van der Waals surface area contributed by atoms with Crippen molar-refractivity contribution in [3.63, 3.8) is 0 Å². The van der Waals surface area contributed by atoms with Gasteiger partial charge in [-0.3, -0.25) is 19.3 Å². The van der Waals surface area contributed by atoms with E-state index in [2.05, 4.69) is 16.0 Å². The molecule has 1 unspecified atom stereocenters. The van der Waals surface area contributed by atoms with Crippen LogP contribution in [0.15, 0.2) is 24.3 Å². The number of rotatable bonds is 5. The van der Waals surface area contributed by atoms with E-state index in [0.29, 0.717) is 5.69 Å². The quantitative estimate of drug-likeness (QED) is 0.686. The molecule has 26 heavy (non-hydrogen) atoms. The van der Waals surface area contributed by atoms with E-state index >= 15 is 0 Å². The molecule has 0 radical (unpaired) electrons. The summed E-state index contributed by atoms with van der Waals surface area (Å²) in [6, 6.07) is 5.75. The zero-order chi connectivity index (χ0) is 19.5. The molecule has 5 amide bonds. The molecule has 0 spiro atoms. The molecule has 0 saturated carbocycles. The highest BCUT2D eigenvalue weighted by molar-refractivity contribution is 6.02. The molecule has 0 bridgehead atoms. The zero-order valence-electron chi connectivity index (χ0n) is 15.4. The second-order valence-electron chi connectivity index (χ2n) is 7.27. The predicted octanol–water partition coefficient (Wildman–Crippen LogP) is 1.23. The van der Waals surface area contributed by atoms with Crippen molar-refractivity contribution in [2.75, 3.05) is 11.9 Å². The maximum Gasteiger partial charge on any atom is 0.324 e. The monoisotopic (exact) mass is 360 g/mol. The molecule has 1 saturated heterocycles. The summed E-state index contributed by atoms with van der Waals surface area (Å²) >= 11 is 0. The van der Waals surface area contributed by atoms with E-state index in [1.54, 1.807) is 52.0 Å². The number of anilines is 1. The van der Waals surface area contributed by atoms with Crippen molar-refractivity contribution >= 4 is 29.4 Å². The van der Waals surface area contributed by atoms with Crippen LogP contribution in [0.3, 0.4) is 0 Å². The van der Waals surface area contributed by atoms with Gasteiger partial charge < -0.3 is 16.0 Å². The van der Waals surface area contributed by atoms with E-state index in [1.165, 1.54) is 0 Å². The predicted molar refractivity (Wildman–Crippen MR) is 96.1 cm³/mol. The van der Waals surface area contributed by atoms with Gasteiger partial charge in [0.05, 0.1) is 13.1 Å². The lowest BCUT2D eigenvalue weighted by molar-refractivity contribution is -0.131. The lowest BCUT2D eigenvalue weighted by Gasteiger charge is -2.21. The molecule has 0 aromatic heterocycles. The van der Waals surface area contributed by atoms with E-state index < -0.39 is 17.5 Å². The molecule has 1 aromatic carbocycles. The van der Waals surface area contributed by atoms with Gasteiger partial charge in [0.25, 0.3) is 0 Å². The van der Waals surface area contributed by atoms with Crippen LogP contribution in [-0.2, 0) is 20.9 Å². The third kappa shape index (κ3) is 4.81. The van der Waals surface area contributed by atoms with Gasteiger partial charge in [0.2, 0.25) is 17.7 Å². The second kappa shape index (κ2) is 7.55. The molecule has 8 heteroatoms. The third-order valence-corrected chi connectivity index (χ3v) is 3.92. The molecule has 1 aliphatic rings. The fourth-order valence-electron chi connectivity index (χ4n) is 2.22. The fourth-order valence-corrected chi connectivity index (χ4v) is 2.22. The molecule has 1 heterocycles. The molecule has 3 N–H and O–H groups in total. The molecule has 1 aromatic rings. The van der Waals surface area contributed by atoms with Crippen molar-refractivity contribution in [2.45, 2.75) is 40.3 Å². The molecule has 140 valence electrons. The number of imide groups is 1. The summed E-state index contributed by atoms with van der Waals surface area (Å²) in [4.78, 5) is 48.4. The van der Waals surface area contributed by atoms with E-state index in [-0.39, 0.29) is 30.8 Å². The third-order valence-electron chi connectivity index (χ3n) is 3.92. The molecule has 2 rings (SSSR count). The summed E-state index contributed by atoms with van der Waals surface area (Å²) in [5, 5.41) is 7.85. The van der Waals surface area contributed by atoms with Crippen molar-refractivity contribution in [1.29, 1.82) is 0 Å². The minimum Gasteiger partial charge on any atom is -0.344 e. The lowest BCUT2D eigenvalue weighted by atomic mass is 9.95. The fraction of sp³-hybridized carbons (Fsp3) is 0.444. The first-order chi connectivity index (χ1) is 12.1. The Morgan fingerprint density at radius 3 is 2.31 bits per heavy atom. The summed E-state index contributed by atoms with van der Waals surface area (Å²) in [7, 11) is 0. The number of hydrogen-bond donors (Lipinski definition) is 3. The molecule has 8 nitrogen and oxygen atoms in total. The number of carbonyl (C=O) groups is 4. The topological polar surface area (TPSA) is 108 Å². The largest absolute Gasteiger partial charge is 0.344 e. The van der Waals surface area contributed by atoms with Gasteiger partial charge in [0, 0.05) is 11.1 Å². The van der Waals surface area contributed by atoms with Crippen molar-refractivity contribution in [3.8, 4) is 0 Å². The van der Waals surface area contributed by atoms with Crippen LogP contribution in [0.2, 0.25) is 0 Å². The molecule has 1 atom stereocenters. The van der Waals surface area contributed by atoms with E-state index in [9.17, 15) is 19.2 Å². The van der Waals surface area contributed by atoms with Crippen molar-refractivity contribution in [2.24, 2.45) is 5.41 Å². The number of urea groups is 1. The Bertz CT molecular complexity index is 706. The maximum absolute atomic E-state index is 12.2. The summed E-state index contributed by atoms with van der Waals surface area (Å²) in [6.07, 6.45) is 0. The van der Waals surface area contributed by atoms with Gasteiger partial charge in [-0.05, 0) is 24.6 Å².